The van der Waals surface area contributed by atoms with Gasteiger partial charge in [0.2, 0.25) is 10.0 Å². The molecule has 0 atom stereocenters. The molecule has 0 aliphatic carbocycles. The van der Waals surface area contributed by atoms with Crippen molar-refractivity contribution in [2.45, 2.75) is 13.5 Å². The van der Waals surface area contributed by atoms with Gasteiger partial charge in [0.05, 0.1) is 0 Å². The molecule has 2 N–H and O–H groups in total. The lowest BCUT2D eigenvalue weighted by Gasteiger charge is -2.04. The van der Waals surface area contributed by atoms with Crippen LogP contribution in [0.1, 0.15) is 12.5 Å². The average Bonchev–Trinajstić information content (AvgIpc) is 2.19. The molecule has 1 aromatic rings. The fourth-order valence-corrected chi connectivity index (χ4v) is 1.75. The van der Waals surface area contributed by atoms with Crippen molar-refractivity contribution in [3.8, 4) is 0 Å². The number of nitrogens with one attached hydrogen (secondary N) is 2. The van der Waals surface area contributed by atoms with E-state index in [4.69, 9.17) is 0 Å². The largest absolute Gasteiger partial charge is 0.246 e. The van der Waals surface area contributed by atoms with Gasteiger partial charge in [-0.2, -0.15) is 0 Å². The smallest absolute Gasteiger partial charge is 0.239 e. The third kappa shape index (κ3) is 4.73. The first-order valence-electron chi connectivity index (χ1n) is 4.55. The van der Waals surface area contributed by atoms with Gasteiger partial charge in [0, 0.05) is 12.0 Å². The molecule has 0 saturated carbocycles. The predicted molar refractivity (Wildman–Crippen MR) is 60.2 cm³/mol. The van der Waals surface area contributed by atoms with E-state index in [1.165, 1.54) is 6.08 Å². The molecule has 0 aliphatic rings. The van der Waals surface area contributed by atoms with E-state index in [9.17, 15) is 8.42 Å². The van der Waals surface area contributed by atoms with Crippen molar-refractivity contribution < 1.29 is 8.42 Å². The average molecular weight is 226 g/mol. The van der Waals surface area contributed by atoms with E-state index in [1.54, 1.807) is 6.92 Å². The fraction of sp³-hybridized carbons (Fsp3) is 0.200. The van der Waals surface area contributed by atoms with Crippen LogP contribution in [0.4, 0.5) is 0 Å². The Kier molecular flexibility index (Phi) is 4.48. The van der Waals surface area contributed by atoms with Crippen molar-refractivity contribution in [3.63, 3.8) is 0 Å². The van der Waals surface area contributed by atoms with Crippen LogP contribution >= 0.6 is 0 Å². The highest BCUT2D eigenvalue weighted by Gasteiger charge is 2.01. The van der Waals surface area contributed by atoms with E-state index in [2.05, 4.69) is 10.3 Å². The zero-order valence-corrected chi connectivity index (χ0v) is 9.29. The third-order valence-electron chi connectivity index (χ3n) is 1.67. The van der Waals surface area contributed by atoms with E-state index < -0.39 is 10.0 Å². The van der Waals surface area contributed by atoms with Crippen molar-refractivity contribution in [1.82, 2.24) is 10.3 Å². The minimum atomic E-state index is -3.34. The van der Waals surface area contributed by atoms with Crippen LogP contribution in [0.3, 0.4) is 0 Å². The SMILES string of the molecule is CC=CS(=O)(=O)NNCc1ccccc1. The van der Waals surface area contributed by atoms with E-state index >= 15 is 0 Å². The number of hydrogen-bond donors (Lipinski definition) is 2. The summed E-state index contributed by atoms with van der Waals surface area (Å²) in [4.78, 5) is 2.24. The van der Waals surface area contributed by atoms with Crippen molar-refractivity contribution in [2.75, 3.05) is 0 Å². The molecule has 5 heteroatoms. The molecule has 0 saturated heterocycles. The van der Waals surface area contributed by atoms with Crippen LogP contribution in [0.2, 0.25) is 0 Å². The molecule has 0 radical (unpaired) electrons. The van der Waals surface area contributed by atoms with Gasteiger partial charge in [0.25, 0.3) is 0 Å². The number of hydrazine groups is 1. The van der Waals surface area contributed by atoms with Crippen LogP contribution in [0, 0.1) is 0 Å². The van der Waals surface area contributed by atoms with Crippen LogP contribution in [0.15, 0.2) is 41.8 Å². The lowest BCUT2D eigenvalue weighted by molar-refractivity contribution is 0.564. The highest BCUT2D eigenvalue weighted by molar-refractivity contribution is 7.92. The summed E-state index contributed by atoms with van der Waals surface area (Å²) in [6.45, 7) is 2.11. The normalized spacial score (nSPS) is 12.1. The molecular formula is C10H14N2O2S. The molecule has 0 heterocycles. The summed E-state index contributed by atoms with van der Waals surface area (Å²) in [5, 5.41) is 1.10. The molecule has 0 bridgehead atoms. The monoisotopic (exact) mass is 226 g/mol. The maximum Gasteiger partial charge on any atom is 0.246 e. The molecule has 0 aliphatic heterocycles. The van der Waals surface area contributed by atoms with Gasteiger partial charge in [0.1, 0.15) is 0 Å². The van der Waals surface area contributed by atoms with Crippen molar-refractivity contribution in [3.05, 3.63) is 47.4 Å². The van der Waals surface area contributed by atoms with Gasteiger partial charge in [-0.1, -0.05) is 36.4 Å². The number of allylic oxidation sites excluding steroid dienone is 1. The molecule has 1 aromatic carbocycles. The van der Waals surface area contributed by atoms with E-state index in [0.717, 1.165) is 11.0 Å². The van der Waals surface area contributed by atoms with Gasteiger partial charge in [-0.05, 0) is 12.5 Å². The third-order valence-corrected chi connectivity index (χ3v) is 2.72. The van der Waals surface area contributed by atoms with Crippen LogP contribution in [0.5, 0.6) is 0 Å². The van der Waals surface area contributed by atoms with Crippen molar-refractivity contribution in [1.29, 1.82) is 0 Å². The van der Waals surface area contributed by atoms with Crippen LogP contribution in [-0.2, 0) is 16.6 Å². The Morgan fingerprint density at radius 1 is 1.27 bits per heavy atom. The van der Waals surface area contributed by atoms with E-state index in [-0.39, 0.29) is 0 Å². The number of benzene rings is 1. The lowest BCUT2D eigenvalue weighted by atomic mass is 10.2. The Balaban J connectivity index is 2.41. The van der Waals surface area contributed by atoms with Crippen molar-refractivity contribution in [2.24, 2.45) is 0 Å². The molecule has 0 unspecified atom stereocenters. The van der Waals surface area contributed by atoms with Gasteiger partial charge in [-0.3, -0.25) is 0 Å². The summed E-state index contributed by atoms with van der Waals surface area (Å²) in [6.07, 6.45) is 1.46. The second-order valence-electron chi connectivity index (χ2n) is 2.96. The second kappa shape index (κ2) is 5.65. The standard InChI is InChI=1S/C10H14N2O2S/c1-2-8-15(13,14)12-11-9-10-6-4-3-5-7-10/h2-8,11-12H,9H2,1H3. The first-order valence-corrected chi connectivity index (χ1v) is 6.10. The molecule has 15 heavy (non-hydrogen) atoms. The summed E-state index contributed by atoms with van der Waals surface area (Å²) >= 11 is 0. The quantitative estimate of drug-likeness (QED) is 0.740. The zero-order chi connectivity index (χ0) is 11.1. The second-order valence-corrected chi connectivity index (χ2v) is 4.52. The molecule has 0 amide bonds. The first-order chi connectivity index (χ1) is 7.14. The zero-order valence-electron chi connectivity index (χ0n) is 8.47. The van der Waals surface area contributed by atoms with Crippen LogP contribution in [-0.4, -0.2) is 8.42 Å². The minimum Gasteiger partial charge on any atom is -0.239 e. The maximum atomic E-state index is 11.2. The fourth-order valence-electron chi connectivity index (χ4n) is 1.05. The predicted octanol–water partition coefficient (Wildman–Crippen LogP) is 1.14. The summed E-state index contributed by atoms with van der Waals surface area (Å²) in [5.74, 6) is 0. The number of hydrogen-bond acceptors (Lipinski definition) is 3. The number of rotatable bonds is 5. The highest BCUT2D eigenvalue weighted by atomic mass is 32.2. The molecule has 1 rings (SSSR count). The van der Waals surface area contributed by atoms with Gasteiger partial charge >= 0.3 is 0 Å². The lowest BCUT2D eigenvalue weighted by Crippen LogP contribution is -2.35. The highest BCUT2D eigenvalue weighted by Crippen LogP contribution is 1.96. The summed E-state index contributed by atoms with van der Waals surface area (Å²) in [7, 11) is -3.34. The van der Waals surface area contributed by atoms with E-state index in [1.807, 2.05) is 30.3 Å². The molecule has 0 aromatic heterocycles. The van der Waals surface area contributed by atoms with Crippen LogP contribution in [0.25, 0.3) is 0 Å². The van der Waals surface area contributed by atoms with Gasteiger partial charge in [0.15, 0.2) is 0 Å². The Morgan fingerprint density at radius 3 is 2.53 bits per heavy atom. The summed E-state index contributed by atoms with van der Waals surface area (Å²) in [5.41, 5.74) is 3.65. The van der Waals surface area contributed by atoms with Gasteiger partial charge in [-0.25, -0.2) is 13.8 Å². The Labute approximate surface area is 90.0 Å². The Morgan fingerprint density at radius 2 is 1.93 bits per heavy atom. The van der Waals surface area contributed by atoms with E-state index in [0.29, 0.717) is 6.54 Å². The molecule has 82 valence electrons. The topological polar surface area (TPSA) is 58.2 Å². The Hall–Kier alpha value is -1.17. The summed E-state index contributed by atoms with van der Waals surface area (Å²) < 4.78 is 22.3. The molecule has 0 fully saturated rings. The summed E-state index contributed by atoms with van der Waals surface area (Å²) in [6, 6.07) is 9.54. The van der Waals surface area contributed by atoms with Gasteiger partial charge in [-0.15, -0.1) is 4.83 Å². The first kappa shape index (κ1) is 11.9. The minimum absolute atomic E-state index is 0.456. The van der Waals surface area contributed by atoms with Crippen molar-refractivity contribution >= 4 is 10.0 Å². The number of sulfonamides is 1. The molecule has 4 nitrogen and oxygen atoms in total. The van der Waals surface area contributed by atoms with Crippen LogP contribution < -0.4 is 10.3 Å². The molecular weight excluding hydrogens is 212 g/mol. The maximum absolute atomic E-state index is 11.2. The van der Waals surface area contributed by atoms with Gasteiger partial charge < -0.3 is 0 Å². The Bertz CT molecular complexity index is 412. The molecule has 0 spiro atoms.